The zero-order valence-electron chi connectivity index (χ0n) is 15.7. The lowest BCUT2D eigenvalue weighted by atomic mass is 10.1. The second kappa shape index (κ2) is 7.86. The number of hydrogen-bond donors (Lipinski definition) is 1. The van der Waals surface area contributed by atoms with Crippen molar-refractivity contribution in [2.75, 3.05) is 0 Å². The molecule has 3 aromatic rings. The van der Waals surface area contributed by atoms with E-state index in [9.17, 15) is 32.7 Å². The Morgan fingerprint density at radius 2 is 1.80 bits per heavy atom. The van der Waals surface area contributed by atoms with Gasteiger partial charge in [-0.05, 0) is 50.2 Å². The molecule has 156 valence electrons. The highest BCUT2D eigenvalue weighted by Gasteiger charge is 2.31. The van der Waals surface area contributed by atoms with Crippen LogP contribution >= 0.6 is 11.3 Å². The predicted molar refractivity (Wildman–Crippen MR) is 104 cm³/mol. The summed E-state index contributed by atoms with van der Waals surface area (Å²) in [6.07, 6.45) is -4.62. The van der Waals surface area contributed by atoms with Crippen LogP contribution in [0, 0.1) is 0 Å². The average Bonchev–Trinajstić information content (AvgIpc) is 3.03. The molecule has 0 aliphatic heterocycles. The van der Waals surface area contributed by atoms with Gasteiger partial charge in [0.25, 0.3) is 5.91 Å². The van der Waals surface area contributed by atoms with Crippen molar-refractivity contribution in [3.05, 3.63) is 64.0 Å². The molecular formula is C20H15F3N2O4S. The number of nitrogens with zero attached hydrogens (tertiary/aromatic N) is 2. The van der Waals surface area contributed by atoms with E-state index in [1.807, 2.05) is 0 Å². The number of Topliss-reactive ketones (excluding diaryl/α,β-unsaturated/α-hetero) is 1. The van der Waals surface area contributed by atoms with E-state index in [2.05, 4.69) is 4.99 Å². The molecule has 2 aromatic carbocycles. The number of fused-ring (bicyclic) bond motifs is 1. The van der Waals surface area contributed by atoms with E-state index in [0.29, 0.717) is 21.8 Å². The number of halogens is 3. The monoisotopic (exact) mass is 436 g/mol. The van der Waals surface area contributed by atoms with Crippen molar-refractivity contribution in [2.24, 2.45) is 4.99 Å². The molecule has 1 unspecified atom stereocenters. The standard InChI is InChI=1S/C20H15F3N2O4S/c1-10(18(28)29)25-15-9-12(11(2)26)6-7-16(15)30-19(25)24-17(27)13-4-3-5-14(8-13)20(21,22)23/h3-10H,1-2H3,(H,28,29). The van der Waals surface area contributed by atoms with Crippen LogP contribution in [0.3, 0.4) is 0 Å². The maximum Gasteiger partial charge on any atom is 0.416 e. The van der Waals surface area contributed by atoms with Crippen molar-refractivity contribution < 1.29 is 32.7 Å². The van der Waals surface area contributed by atoms with Crippen molar-refractivity contribution in [3.63, 3.8) is 0 Å². The van der Waals surface area contributed by atoms with Gasteiger partial charge in [0.15, 0.2) is 10.6 Å². The molecular weight excluding hydrogens is 421 g/mol. The topological polar surface area (TPSA) is 88.7 Å². The van der Waals surface area contributed by atoms with E-state index in [4.69, 9.17) is 0 Å². The van der Waals surface area contributed by atoms with E-state index in [1.165, 1.54) is 30.5 Å². The van der Waals surface area contributed by atoms with Gasteiger partial charge in [0.05, 0.1) is 15.8 Å². The van der Waals surface area contributed by atoms with Crippen LogP contribution in [-0.2, 0) is 11.0 Å². The molecule has 0 spiro atoms. The first-order valence-electron chi connectivity index (χ1n) is 8.64. The minimum Gasteiger partial charge on any atom is -0.480 e. The Bertz CT molecular complexity index is 1240. The van der Waals surface area contributed by atoms with E-state index in [1.54, 1.807) is 12.1 Å². The number of hydrogen-bond acceptors (Lipinski definition) is 4. The Labute approximate surface area is 171 Å². The molecule has 1 atom stereocenters. The highest BCUT2D eigenvalue weighted by Crippen LogP contribution is 2.29. The molecule has 0 aliphatic rings. The molecule has 10 heteroatoms. The molecule has 0 saturated heterocycles. The van der Waals surface area contributed by atoms with Crippen LogP contribution < -0.4 is 4.80 Å². The number of thiazole rings is 1. The molecule has 0 bridgehead atoms. The SMILES string of the molecule is CC(=O)c1ccc2sc(=NC(=O)c3cccc(C(F)(F)F)c3)n(C(C)C(=O)O)c2c1. The van der Waals surface area contributed by atoms with Gasteiger partial charge in [-0.2, -0.15) is 18.2 Å². The van der Waals surface area contributed by atoms with Crippen molar-refractivity contribution in [3.8, 4) is 0 Å². The number of carbonyl (C=O) groups is 3. The Balaban J connectivity index is 2.20. The zero-order valence-corrected chi connectivity index (χ0v) is 16.5. The lowest BCUT2D eigenvalue weighted by Gasteiger charge is -2.10. The molecule has 0 fully saturated rings. The second-order valence-corrected chi connectivity index (χ2v) is 7.51. The first kappa shape index (κ1) is 21.4. The summed E-state index contributed by atoms with van der Waals surface area (Å²) in [4.78, 5) is 39.7. The van der Waals surface area contributed by atoms with Crippen LogP contribution in [0.2, 0.25) is 0 Å². The molecule has 3 rings (SSSR count). The Kier molecular flexibility index (Phi) is 5.62. The molecule has 0 saturated carbocycles. The first-order chi connectivity index (χ1) is 14.0. The highest BCUT2D eigenvalue weighted by molar-refractivity contribution is 7.16. The number of carboxylic acid groups (broad SMARTS) is 1. The third-order valence-corrected chi connectivity index (χ3v) is 5.45. The summed E-state index contributed by atoms with van der Waals surface area (Å²) in [6.45, 7) is 2.74. The quantitative estimate of drug-likeness (QED) is 0.618. The molecule has 1 amide bonds. The van der Waals surface area contributed by atoms with E-state index >= 15 is 0 Å². The second-order valence-electron chi connectivity index (χ2n) is 6.50. The number of alkyl halides is 3. The number of ketones is 1. The number of rotatable bonds is 4. The minimum atomic E-state index is -4.62. The molecule has 0 radical (unpaired) electrons. The lowest BCUT2D eigenvalue weighted by Crippen LogP contribution is -2.25. The third kappa shape index (κ3) is 4.18. The number of aromatic nitrogens is 1. The van der Waals surface area contributed by atoms with Crippen LogP contribution in [-0.4, -0.2) is 27.3 Å². The van der Waals surface area contributed by atoms with Gasteiger partial charge in [0.1, 0.15) is 6.04 Å². The molecule has 1 heterocycles. The molecule has 0 aliphatic carbocycles. The first-order valence-corrected chi connectivity index (χ1v) is 9.46. The number of amides is 1. The van der Waals surface area contributed by atoms with Crippen molar-refractivity contribution in [1.82, 2.24) is 4.57 Å². The van der Waals surface area contributed by atoms with Gasteiger partial charge in [-0.1, -0.05) is 17.4 Å². The van der Waals surface area contributed by atoms with E-state index < -0.39 is 29.7 Å². The smallest absolute Gasteiger partial charge is 0.416 e. The van der Waals surface area contributed by atoms with Crippen LogP contribution in [0.5, 0.6) is 0 Å². The van der Waals surface area contributed by atoms with Crippen LogP contribution in [0.15, 0.2) is 47.5 Å². The number of carboxylic acids is 1. The summed E-state index contributed by atoms with van der Waals surface area (Å²) < 4.78 is 40.6. The number of aliphatic carboxylic acids is 1. The summed E-state index contributed by atoms with van der Waals surface area (Å²) >= 11 is 1.00. The Morgan fingerprint density at radius 3 is 2.40 bits per heavy atom. The van der Waals surface area contributed by atoms with Crippen molar-refractivity contribution in [2.45, 2.75) is 26.1 Å². The molecule has 1 N–H and O–H groups in total. The summed E-state index contributed by atoms with van der Waals surface area (Å²) in [5.74, 6) is -2.36. The van der Waals surface area contributed by atoms with Gasteiger partial charge in [0.2, 0.25) is 0 Å². The summed E-state index contributed by atoms with van der Waals surface area (Å²) in [5.41, 5.74) is -0.528. The zero-order chi connectivity index (χ0) is 22.2. The largest absolute Gasteiger partial charge is 0.480 e. The summed E-state index contributed by atoms with van der Waals surface area (Å²) in [7, 11) is 0. The van der Waals surface area contributed by atoms with Gasteiger partial charge >= 0.3 is 12.1 Å². The molecule has 6 nitrogen and oxygen atoms in total. The van der Waals surface area contributed by atoms with Crippen molar-refractivity contribution in [1.29, 1.82) is 0 Å². The summed E-state index contributed by atoms with van der Waals surface area (Å²) in [6, 6.07) is 7.38. The van der Waals surface area contributed by atoms with Gasteiger partial charge in [-0.15, -0.1) is 0 Å². The van der Waals surface area contributed by atoms with E-state index in [0.717, 1.165) is 23.5 Å². The van der Waals surface area contributed by atoms with Crippen LogP contribution in [0.4, 0.5) is 13.2 Å². The van der Waals surface area contributed by atoms with E-state index in [-0.39, 0.29) is 16.1 Å². The average molecular weight is 436 g/mol. The minimum absolute atomic E-state index is 0.00279. The maximum atomic E-state index is 12.9. The third-order valence-electron chi connectivity index (χ3n) is 4.41. The number of carbonyl (C=O) groups excluding carboxylic acids is 2. The summed E-state index contributed by atoms with van der Waals surface area (Å²) in [5, 5.41) is 9.46. The van der Waals surface area contributed by atoms with Gasteiger partial charge in [0, 0.05) is 11.1 Å². The fourth-order valence-electron chi connectivity index (χ4n) is 2.80. The Hall–Kier alpha value is -3.27. The Morgan fingerprint density at radius 1 is 1.10 bits per heavy atom. The van der Waals surface area contributed by atoms with Gasteiger partial charge in [-0.3, -0.25) is 9.59 Å². The van der Waals surface area contributed by atoms with Gasteiger partial charge in [-0.25, -0.2) is 4.79 Å². The number of benzene rings is 2. The fourth-order valence-corrected chi connectivity index (χ4v) is 3.88. The predicted octanol–water partition coefficient (Wildman–Crippen LogP) is 4.31. The fraction of sp³-hybridized carbons (Fsp3) is 0.200. The maximum absolute atomic E-state index is 12.9. The normalized spacial score (nSPS) is 13.4. The van der Waals surface area contributed by atoms with Crippen LogP contribution in [0.1, 0.15) is 46.2 Å². The molecule has 1 aromatic heterocycles. The lowest BCUT2D eigenvalue weighted by molar-refractivity contribution is -0.140. The van der Waals surface area contributed by atoms with Gasteiger partial charge < -0.3 is 9.67 Å². The van der Waals surface area contributed by atoms with Crippen LogP contribution in [0.25, 0.3) is 10.2 Å². The molecule has 30 heavy (non-hydrogen) atoms. The highest BCUT2D eigenvalue weighted by atomic mass is 32.1. The van der Waals surface area contributed by atoms with Crippen molar-refractivity contribution >= 4 is 39.2 Å².